The maximum atomic E-state index is 12.5. The van der Waals surface area contributed by atoms with E-state index in [1.54, 1.807) is 4.90 Å². The second-order valence-corrected chi connectivity index (χ2v) is 7.75. The van der Waals surface area contributed by atoms with Crippen molar-refractivity contribution in [1.29, 1.82) is 0 Å². The highest BCUT2D eigenvalue weighted by atomic mass is 16.2. The fourth-order valence-corrected chi connectivity index (χ4v) is 4.35. The van der Waals surface area contributed by atoms with E-state index in [1.807, 2.05) is 25.9 Å². The summed E-state index contributed by atoms with van der Waals surface area (Å²) in [6.07, 6.45) is 3.47. The van der Waals surface area contributed by atoms with Gasteiger partial charge in [0.15, 0.2) is 0 Å². The van der Waals surface area contributed by atoms with Gasteiger partial charge in [0.25, 0.3) is 0 Å². The Morgan fingerprint density at radius 1 is 1.15 bits per heavy atom. The van der Waals surface area contributed by atoms with Gasteiger partial charge < -0.3 is 15.1 Å². The van der Waals surface area contributed by atoms with Crippen LogP contribution in [-0.4, -0.2) is 73.0 Å². The smallest absolute Gasteiger partial charge is 0.317 e. The van der Waals surface area contributed by atoms with Gasteiger partial charge in [0.1, 0.15) is 0 Å². The van der Waals surface area contributed by atoms with E-state index < -0.39 is 0 Å². The van der Waals surface area contributed by atoms with Crippen LogP contribution in [0.2, 0.25) is 0 Å². The van der Waals surface area contributed by atoms with Crippen molar-refractivity contribution in [3.05, 3.63) is 35.4 Å². The zero-order valence-corrected chi connectivity index (χ0v) is 16.8. The molecule has 27 heavy (non-hydrogen) atoms. The number of nitrogens with one attached hydrogen (secondary N) is 1. The minimum Gasteiger partial charge on any atom is -0.349 e. The monoisotopic (exact) mass is 372 g/mol. The molecule has 0 radical (unpaired) electrons. The Kier molecular flexibility index (Phi) is 6.37. The second kappa shape index (κ2) is 8.74. The van der Waals surface area contributed by atoms with Crippen LogP contribution in [0.4, 0.5) is 4.79 Å². The zero-order valence-electron chi connectivity index (χ0n) is 16.8. The molecule has 3 amide bonds. The molecule has 1 aromatic rings. The molecule has 1 N–H and O–H groups in total. The van der Waals surface area contributed by atoms with Crippen molar-refractivity contribution in [2.24, 2.45) is 0 Å². The number of fused-ring (bicyclic) bond motifs is 1. The first-order valence-electron chi connectivity index (χ1n) is 10.1. The van der Waals surface area contributed by atoms with E-state index in [1.165, 1.54) is 11.1 Å². The molecule has 2 aliphatic rings. The molecule has 6 nitrogen and oxygen atoms in total. The van der Waals surface area contributed by atoms with Crippen LogP contribution < -0.4 is 5.32 Å². The summed E-state index contributed by atoms with van der Waals surface area (Å²) in [6, 6.07) is 9.13. The molecule has 0 bridgehead atoms. The summed E-state index contributed by atoms with van der Waals surface area (Å²) in [6.45, 7) is 5.15. The summed E-state index contributed by atoms with van der Waals surface area (Å²) in [5.74, 6) is 0.168. The summed E-state index contributed by atoms with van der Waals surface area (Å²) < 4.78 is 0. The van der Waals surface area contributed by atoms with Crippen LogP contribution in [0, 0.1) is 0 Å². The predicted molar refractivity (Wildman–Crippen MR) is 107 cm³/mol. The van der Waals surface area contributed by atoms with Gasteiger partial charge in [-0.15, -0.1) is 0 Å². The van der Waals surface area contributed by atoms with E-state index in [0.717, 1.165) is 38.9 Å². The van der Waals surface area contributed by atoms with Crippen molar-refractivity contribution >= 4 is 11.9 Å². The number of carbonyl (C=O) groups is 2. The number of benzene rings is 1. The van der Waals surface area contributed by atoms with Gasteiger partial charge >= 0.3 is 6.03 Å². The Morgan fingerprint density at radius 3 is 2.52 bits per heavy atom. The Labute approximate surface area is 162 Å². The highest BCUT2D eigenvalue weighted by Gasteiger charge is 2.35. The first-order chi connectivity index (χ1) is 13.0. The van der Waals surface area contributed by atoms with Crippen LogP contribution in [0.5, 0.6) is 0 Å². The summed E-state index contributed by atoms with van der Waals surface area (Å²) in [4.78, 5) is 30.7. The van der Waals surface area contributed by atoms with Gasteiger partial charge in [-0.05, 0) is 37.3 Å². The number of hydrogen-bond acceptors (Lipinski definition) is 3. The third-order valence-corrected chi connectivity index (χ3v) is 5.87. The minimum atomic E-state index is 0.0410. The molecule has 3 rings (SSSR count). The summed E-state index contributed by atoms with van der Waals surface area (Å²) >= 11 is 0. The van der Waals surface area contributed by atoms with E-state index in [9.17, 15) is 9.59 Å². The number of piperidine rings is 1. The molecule has 1 atom stereocenters. The molecule has 1 fully saturated rings. The van der Waals surface area contributed by atoms with Crippen LogP contribution in [0.1, 0.15) is 43.4 Å². The highest BCUT2D eigenvalue weighted by molar-refractivity contribution is 5.76. The number of nitrogens with zero attached hydrogens (tertiary/aromatic N) is 3. The maximum absolute atomic E-state index is 12.5. The van der Waals surface area contributed by atoms with Gasteiger partial charge in [-0.3, -0.25) is 9.69 Å². The lowest BCUT2D eigenvalue weighted by Crippen LogP contribution is -2.52. The van der Waals surface area contributed by atoms with E-state index in [4.69, 9.17) is 0 Å². The summed E-state index contributed by atoms with van der Waals surface area (Å²) in [5, 5.41) is 2.89. The predicted octanol–water partition coefficient (Wildman–Crippen LogP) is 2.26. The van der Waals surface area contributed by atoms with Gasteiger partial charge in [0.2, 0.25) is 5.91 Å². The lowest BCUT2D eigenvalue weighted by atomic mass is 9.87. The summed E-state index contributed by atoms with van der Waals surface area (Å²) in [5.41, 5.74) is 2.66. The van der Waals surface area contributed by atoms with Crippen molar-refractivity contribution in [3.63, 3.8) is 0 Å². The van der Waals surface area contributed by atoms with E-state index in [2.05, 4.69) is 34.5 Å². The average Bonchev–Trinajstić information content (AvgIpc) is 2.68. The molecule has 1 saturated heterocycles. The molecule has 0 saturated carbocycles. The standard InChI is InChI=1S/C21H32N4O2/c1-4-22-21(27)24-12-10-17(11-13-24)25-14-9-16-7-5-6-8-18(16)19(25)15-20(26)23(2)3/h5-8,17,19H,4,9-15H2,1-3H3,(H,22,27). The molecule has 2 aliphatic heterocycles. The molecule has 0 spiro atoms. The van der Waals surface area contributed by atoms with Crippen molar-refractivity contribution < 1.29 is 9.59 Å². The largest absolute Gasteiger partial charge is 0.349 e. The third-order valence-electron chi connectivity index (χ3n) is 5.87. The van der Waals surface area contributed by atoms with Gasteiger partial charge in [-0.25, -0.2) is 4.79 Å². The number of urea groups is 1. The molecule has 0 aliphatic carbocycles. The zero-order chi connectivity index (χ0) is 19.4. The topological polar surface area (TPSA) is 55.9 Å². The number of rotatable bonds is 4. The van der Waals surface area contributed by atoms with Crippen LogP contribution in [0.15, 0.2) is 24.3 Å². The first kappa shape index (κ1) is 19.7. The van der Waals surface area contributed by atoms with Gasteiger partial charge in [0.05, 0.1) is 0 Å². The van der Waals surface area contributed by atoms with Crippen LogP contribution >= 0.6 is 0 Å². The minimum absolute atomic E-state index is 0.0410. The molecular formula is C21H32N4O2. The lowest BCUT2D eigenvalue weighted by molar-refractivity contribution is -0.130. The number of carbonyl (C=O) groups excluding carboxylic acids is 2. The number of amides is 3. The van der Waals surface area contributed by atoms with Gasteiger partial charge in [-0.2, -0.15) is 0 Å². The van der Waals surface area contributed by atoms with Crippen molar-refractivity contribution in [1.82, 2.24) is 20.0 Å². The van der Waals surface area contributed by atoms with E-state index in [-0.39, 0.29) is 18.0 Å². The van der Waals surface area contributed by atoms with Crippen LogP contribution in [-0.2, 0) is 11.2 Å². The normalized spacial score (nSPS) is 20.9. The molecule has 1 aromatic carbocycles. The van der Waals surface area contributed by atoms with Gasteiger partial charge in [-0.1, -0.05) is 24.3 Å². The third kappa shape index (κ3) is 4.43. The SMILES string of the molecule is CCNC(=O)N1CCC(N2CCc3ccccc3C2CC(=O)N(C)C)CC1. The molecular weight excluding hydrogens is 340 g/mol. The molecule has 2 heterocycles. The highest BCUT2D eigenvalue weighted by Crippen LogP contribution is 2.36. The molecule has 148 valence electrons. The lowest BCUT2D eigenvalue weighted by Gasteiger charge is -2.45. The Balaban J connectivity index is 1.74. The first-order valence-corrected chi connectivity index (χ1v) is 10.1. The Bertz CT molecular complexity index is 668. The molecule has 6 heteroatoms. The van der Waals surface area contributed by atoms with Crippen molar-refractivity contribution in [2.45, 2.75) is 44.7 Å². The fraction of sp³-hybridized carbons (Fsp3) is 0.619. The van der Waals surface area contributed by atoms with E-state index in [0.29, 0.717) is 19.0 Å². The quantitative estimate of drug-likeness (QED) is 0.882. The van der Waals surface area contributed by atoms with Gasteiger partial charge in [0, 0.05) is 58.8 Å². The van der Waals surface area contributed by atoms with Crippen LogP contribution in [0.25, 0.3) is 0 Å². The average molecular weight is 373 g/mol. The summed E-state index contributed by atoms with van der Waals surface area (Å²) in [7, 11) is 3.65. The molecule has 0 aromatic heterocycles. The van der Waals surface area contributed by atoms with Crippen LogP contribution in [0.3, 0.4) is 0 Å². The second-order valence-electron chi connectivity index (χ2n) is 7.75. The fourth-order valence-electron chi connectivity index (χ4n) is 4.35. The maximum Gasteiger partial charge on any atom is 0.317 e. The number of likely N-dealkylation sites (tertiary alicyclic amines) is 1. The number of hydrogen-bond donors (Lipinski definition) is 1. The molecule has 1 unspecified atom stereocenters. The van der Waals surface area contributed by atoms with Crippen molar-refractivity contribution in [3.8, 4) is 0 Å². The van der Waals surface area contributed by atoms with Crippen molar-refractivity contribution in [2.75, 3.05) is 40.3 Å². The Morgan fingerprint density at radius 2 is 1.85 bits per heavy atom. The van der Waals surface area contributed by atoms with E-state index >= 15 is 0 Å². The Hall–Kier alpha value is -2.08.